The van der Waals surface area contributed by atoms with Crippen molar-refractivity contribution in [3.8, 4) is 0 Å². The molecule has 4 nitrogen and oxygen atoms in total. The van der Waals surface area contributed by atoms with Crippen molar-refractivity contribution in [3.05, 3.63) is 18.2 Å². The molecule has 0 aliphatic rings. The molecule has 0 aliphatic carbocycles. The Morgan fingerprint density at radius 3 is 3.00 bits per heavy atom. The van der Waals surface area contributed by atoms with Crippen LogP contribution in [0.4, 0.5) is 0 Å². The Morgan fingerprint density at radius 2 is 2.31 bits per heavy atom. The molecule has 0 spiro atoms. The maximum Gasteiger partial charge on any atom is 0.122 e. The first-order valence-corrected chi connectivity index (χ1v) is 7.32. The van der Waals surface area contributed by atoms with Crippen molar-refractivity contribution in [1.29, 1.82) is 0 Å². The predicted molar refractivity (Wildman–Crippen MR) is 67.8 cm³/mol. The summed E-state index contributed by atoms with van der Waals surface area (Å²) in [7, 11) is -0.674. The summed E-state index contributed by atoms with van der Waals surface area (Å²) in [6, 6.07) is 0. The summed E-state index contributed by atoms with van der Waals surface area (Å²) in [4.78, 5) is 4.30. The second-order valence-corrected chi connectivity index (χ2v) is 5.51. The maximum absolute atomic E-state index is 11.2. The lowest BCUT2D eigenvalue weighted by atomic mass is 10.4. The number of hydrogen-bond donors (Lipinski definition) is 1. The van der Waals surface area contributed by atoms with Gasteiger partial charge in [-0.05, 0) is 6.42 Å². The van der Waals surface area contributed by atoms with Crippen molar-refractivity contribution in [3.63, 3.8) is 0 Å². The number of rotatable bonds is 8. The molecule has 0 saturated heterocycles. The third-order valence-corrected chi connectivity index (χ3v) is 3.68. The van der Waals surface area contributed by atoms with Gasteiger partial charge in [0.2, 0.25) is 0 Å². The van der Waals surface area contributed by atoms with E-state index in [-0.39, 0.29) is 0 Å². The molecule has 1 atom stereocenters. The molecular formula is C11H21N3OS. The molecule has 1 aromatic rings. The van der Waals surface area contributed by atoms with Crippen molar-refractivity contribution in [2.24, 2.45) is 0 Å². The van der Waals surface area contributed by atoms with Crippen LogP contribution in [0.25, 0.3) is 0 Å². The quantitative estimate of drug-likeness (QED) is 0.697. The van der Waals surface area contributed by atoms with E-state index in [1.165, 1.54) is 0 Å². The zero-order valence-electron chi connectivity index (χ0n) is 10.1. The van der Waals surface area contributed by atoms with Gasteiger partial charge in [-0.1, -0.05) is 13.8 Å². The molecule has 1 N–H and O–H groups in total. The van der Waals surface area contributed by atoms with Crippen molar-refractivity contribution >= 4 is 10.8 Å². The van der Waals surface area contributed by atoms with Gasteiger partial charge in [-0.3, -0.25) is 4.21 Å². The largest absolute Gasteiger partial charge is 0.334 e. The van der Waals surface area contributed by atoms with Gasteiger partial charge in [0.25, 0.3) is 0 Å². The summed E-state index contributed by atoms with van der Waals surface area (Å²) in [5.74, 6) is 2.53. The molecule has 5 heteroatoms. The smallest absolute Gasteiger partial charge is 0.122 e. The van der Waals surface area contributed by atoms with Crippen molar-refractivity contribution in [1.82, 2.24) is 14.9 Å². The number of imidazole rings is 1. The Bertz CT molecular complexity index is 325. The van der Waals surface area contributed by atoms with Crippen LogP contribution in [-0.2, 0) is 23.9 Å². The summed E-state index contributed by atoms with van der Waals surface area (Å²) < 4.78 is 13.3. The van der Waals surface area contributed by atoms with Gasteiger partial charge < -0.3 is 9.88 Å². The standard InChI is InChI=1S/C11H21N3OS/c1-3-7-14-8-5-13-11(14)10-12-6-9-16(15)4-2/h5,8,12H,3-4,6-7,9-10H2,1-2H3. The second-order valence-electron chi connectivity index (χ2n) is 3.65. The van der Waals surface area contributed by atoms with Crippen LogP contribution in [0.2, 0.25) is 0 Å². The van der Waals surface area contributed by atoms with Crippen LogP contribution in [0.5, 0.6) is 0 Å². The van der Waals surface area contributed by atoms with E-state index in [0.29, 0.717) is 0 Å². The number of aryl methyl sites for hydroxylation is 1. The summed E-state index contributed by atoms with van der Waals surface area (Å²) in [5.41, 5.74) is 0. The van der Waals surface area contributed by atoms with Gasteiger partial charge in [0.05, 0.1) is 6.54 Å². The highest BCUT2D eigenvalue weighted by atomic mass is 32.2. The monoisotopic (exact) mass is 243 g/mol. The fourth-order valence-corrected chi connectivity index (χ4v) is 2.14. The van der Waals surface area contributed by atoms with E-state index in [4.69, 9.17) is 0 Å². The van der Waals surface area contributed by atoms with Gasteiger partial charge in [0.1, 0.15) is 5.82 Å². The summed E-state index contributed by atoms with van der Waals surface area (Å²) in [6.45, 7) is 6.66. The number of nitrogens with one attached hydrogen (secondary N) is 1. The SMILES string of the molecule is CCCn1ccnc1CNCCS(=O)CC. The summed E-state index contributed by atoms with van der Waals surface area (Å²) >= 11 is 0. The van der Waals surface area contributed by atoms with E-state index >= 15 is 0 Å². The molecule has 0 bridgehead atoms. The molecule has 0 radical (unpaired) electrons. The van der Waals surface area contributed by atoms with E-state index in [0.717, 1.165) is 43.4 Å². The summed E-state index contributed by atoms with van der Waals surface area (Å²) in [5, 5.41) is 3.28. The molecule has 1 rings (SSSR count). The Morgan fingerprint density at radius 1 is 1.50 bits per heavy atom. The fourth-order valence-electron chi connectivity index (χ4n) is 1.48. The molecule has 0 amide bonds. The highest BCUT2D eigenvalue weighted by molar-refractivity contribution is 7.84. The number of aromatic nitrogens is 2. The Labute approximate surface area is 99.9 Å². The Hall–Kier alpha value is -0.680. The third kappa shape index (κ3) is 4.45. The normalized spacial score (nSPS) is 12.9. The minimum atomic E-state index is -0.674. The van der Waals surface area contributed by atoms with E-state index in [2.05, 4.69) is 21.8 Å². The lowest BCUT2D eigenvalue weighted by Crippen LogP contribution is -2.22. The molecule has 1 unspecified atom stereocenters. The predicted octanol–water partition coefficient (Wildman–Crippen LogP) is 1.15. The third-order valence-electron chi connectivity index (χ3n) is 2.38. The molecule has 0 aromatic carbocycles. The van der Waals surface area contributed by atoms with Crippen LogP contribution < -0.4 is 5.32 Å². The van der Waals surface area contributed by atoms with E-state index in [1.54, 1.807) is 0 Å². The Balaban J connectivity index is 2.26. The first-order valence-electron chi connectivity index (χ1n) is 5.83. The van der Waals surface area contributed by atoms with E-state index in [9.17, 15) is 4.21 Å². The highest BCUT2D eigenvalue weighted by Gasteiger charge is 2.01. The molecule has 0 aliphatic heterocycles. The van der Waals surface area contributed by atoms with Crippen LogP contribution in [0.15, 0.2) is 12.4 Å². The lowest BCUT2D eigenvalue weighted by molar-refractivity contribution is 0.598. The van der Waals surface area contributed by atoms with Gasteiger partial charge in [-0.25, -0.2) is 4.98 Å². The molecule has 0 fully saturated rings. The van der Waals surface area contributed by atoms with Gasteiger partial charge >= 0.3 is 0 Å². The molecular weight excluding hydrogens is 222 g/mol. The van der Waals surface area contributed by atoms with E-state index in [1.807, 2.05) is 19.3 Å². The molecule has 1 aromatic heterocycles. The maximum atomic E-state index is 11.2. The van der Waals surface area contributed by atoms with Gasteiger partial charge in [0, 0.05) is 47.8 Å². The van der Waals surface area contributed by atoms with Crippen LogP contribution in [0.1, 0.15) is 26.1 Å². The molecule has 0 saturated carbocycles. The van der Waals surface area contributed by atoms with Crippen LogP contribution in [-0.4, -0.2) is 31.8 Å². The van der Waals surface area contributed by atoms with Gasteiger partial charge in [-0.15, -0.1) is 0 Å². The average Bonchev–Trinajstić information content (AvgIpc) is 2.72. The first-order chi connectivity index (χ1) is 7.77. The lowest BCUT2D eigenvalue weighted by Gasteiger charge is -2.07. The summed E-state index contributed by atoms with van der Waals surface area (Å²) in [6.07, 6.45) is 4.95. The van der Waals surface area contributed by atoms with Gasteiger partial charge in [0.15, 0.2) is 0 Å². The number of hydrogen-bond acceptors (Lipinski definition) is 3. The van der Waals surface area contributed by atoms with Crippen LogP contribution in [0, 0.1) is 0 Å². The molecule has 1 heterocycles. The first kappa shape index (κ1) is 13.4. The minimum absolute atomic E-state index is 0.674. The Kier molecular flexibility index (Phi) is 6.33. The zero-order valence-corrected chi connectivity index (χ0v) is 10.9. The second kappa shape index (κ2) is 7.57. The van der Waals surface area contributed by atoms with E-state index < -0.39 is 10.8 Å². The average molecular weight is 243 g/mol. The molecule has 16 heavy (non-hydrogen) atoms. The van der Waals surface area contributed by atoms with Crippen LogP contribution in [0.3, 0.4) is 0 Å². The highest BCUT2D eigenvalue weighted by Crippen LogP contribution is 1.98. The number of nitrogens with zero attached hydrogens (tertiary/aromatic N) is 2. The van der Waals surface area contributed by atoms with Crippen molar-refractivity contribution < 1.29 is 4.21 Å². The van der Waals surface area contributed by atoms with Crippen LogP contribution >= 0.6 is 0 Å². The van der Waals surface area contributed by atoms with Gasteiger partial charge in [-0.2, -0.15) is 0 Å². The molecule has 92 valence electrons. The van der Waals surface area contributed by atoms with Crippen molar-refractivity contribution in [2.75, 3.05) is 18.1 Å². The topological polar surface area (TPSA) is 46.9 Å². The van der Waals surface area contributed by atoms with Crippen molar-refractivity contribution in [2.45, 2.75) is 33.4 Å². The zero-order chi connectivity index (χ0) is 11.8. The fraction of sp³-hybridized carbons (Fsp3) is 0.727. The minimum Gasteiger partial charge on any atom is -0.334 e.